The molecule has 2 amide bonds. The lowest BCUT2D eigenvalue weighted by Gasteiger charge is -2.28. The smallest absolute Gasteiger partial charge is 0.270 e. The van der Waals surface area contributed by atoms with E-state index >= 15 is 0 Å². The third-order valence-electron chi connectivity index (χ3n) is 4.20. The molecule has 1 N–H and O–H groups in total. The van der Waals surface area contributed by atoms with Crippen molar-refractivity contribution in [1.29, 1.82) is 0 Å². The minimum absolute atomic E-state index is 0.0204. The SMILES string of the molecule is CCCCCNC(=O)c1csc(CN2C(=O)COc3cc(C)ccc32)n1. The van der Waals surface area contributed by atoms with Crippen LogP contribution in [0.5, 0.6) is 5.75 Å². The summed E-state index contributed by atoms with van der Waals surface area (Å²) in [5.41, 5.74) is 2.23. The van der Waals surface area contributed by atoms with Crippen molar-refractivity contribution in [2.75, 3.05) is 18.1 Å². The van der Waals surface area contributed by atoms with Crippen molar-refractivity contribution in [3.63, 3.8) is 0 Å². The van der Waals surface area contributed by atoms with E-state index in [9.17, 15) is 9.59 Å². The predicted octanol–water partition coefficient (Wildman–Crippen LogP) is 3.30. The third kappa shape index (κ3) is 4.22. The maximum absolute atomic E-state index is 12.3. The Morgan fingerprint density at radius 3 is 3.04 bits per heavy atom. The number of carbonyl (C=O) groups excluding carboxylic acids is 2. The van der Waals surface area contributed by atoms with E-state index in [1.807, 2.05) is 25.1 Å². The van der Waals surface area contributed by atoms with Gasteiger partial charge in [0.2, 0.25) is 0 Å². The van der Waals surface area contributed by atoms with Crippen LogP contribution in [0.4, 0.5) is 5.69 Å². The molecule has 0 unspecified atom stereocenters. The lowest BCUT2D eigenvalue weighted by Crippen LogP contribution is -2.38. The number of amides is 2. The minimum atomic E-state index is -0.159. The van der Waals surface area contributed by atoms with Gasteiger partial charge in [0.25, 0.3) is 11.8 Å². The van der Waals surface area contributed by atoms with Gasteiger partial charge in [0.15, 0.2) is 6.61 Å². The molecule has 0 aliphatic carbocycles. The van der Waals surface area contributed by atoms with Crippen LogP contribution in [0.3, 0.4) is 0 Å². The number of aromatic nitrogens is 1. The summed E-state index contributed by atoms with van der Waals surface area (Å²) in [5, 5.41) is 5.35. The Hall–Kier alpha value is -2.41. The van der Waals surface area contributed by atoms with E-state index in [1.165, 1.54) is 11.3 Å². The molecule has 1 aliphatic heterocycles. The molecule has 0 atom stereocenters. The van der Waals surface area contributed by atoms with Gasteiger partial charge in [-0.2, -0.15) is 0 Å². The fraction of sp³-hybridized carbons (Fsp3) is 0.421. The van der Waals surface area contributed by atoms with Gasteiger partial charge in [-0.25, -0.2) is 4.98 Å². The molecule has 7 heteroatoms. The van der Waals surface area contributed by atoms with Crippen molar-refractivity contribution in [1.82, 2.24) is 10.3 Å². The van der Waals surface area contributed by atoms with Gasteiger partial charge in [-0.05, 0) is 31.0 Å². The predicted molar refractivity (Wildman–Crippen MR) is 102 cm³/mol. The summed E-state index contributed by atoms with van der Waals surface area (Å²) >= 11 is 1.39. The number of anilines is 1. The number of benzene rings is 1. The first-order chi connectivity index (χ1) is 12.6. The molecule has 0 bridgehead atoms. The zero-order valence-corrected chi connectivity index (χ0v) is 15.9. The Morgan fingerprint density at radius 2 is 2.23 bits per heavy atom. The van der Waals surface area contributed by atoms with Crippen molar-refractivity contribution in [3.8, 4) is 5.75 Å². The Morgan fingerprint density at radius 1 is 1.38 bits per heavy atom. The zero-order chi connectivity index (χ0) is 18.5. The van der Waals surface area contributed by atoms with E-state index in [0.717, 1.165) is 35.5 Å². The highest BCUT2D eigenvalue weighted by Crippen LogP contribution is 2.34. The number of ether oxygens (including phenoxy) is 1. The van der Waals surface area contributed by atoms with Crippen LogP contribution in [0, 0.1) is 6.92 Å². The molecule has 0 radical (unpaired) electrons. The quantitative estimate of drug-likeness (QED) is 0.756. The Kier molecular flexibility index (Phi) is 5.88. The second kappa shape index (κ2) is 8.31. The number of nitrogens with zero attached hydrogens (tertiary/aromatic N) is 2. The normalized spacial score (nSPS) is 13.3. The molecule has 0 spiro atoms. The number of nitrogens with one attached hydrogen (secondary N) is 1. The van der Waals surface area contributed by atoms with Crippen molar-refractivity contribution in [3.05, 3.63) is 39.8 Å². The molecule has 0 fully saturated rings. The van der Waals surface area contributed by atoms with Crippen LogP contribution in [0.2, 0.25) is 0 Å². The van der Waals surface area contributed by atoms with Crippen molar-refractivity contribution in [2.24, 2.45) is 0 Å². The Bertz CT molecular complexity index is 803. The summed E-state index contributed by atoms with van der Waals surface area (Å²) in [6, 6.07) is 5.76. The topological polar surface area (TPSA) is 71.5 Å². The number of unbranched alkanes of at least 4 members (excludes halogenated alkanes) is 2. The maximum atomic E-state index is 12.3. The van der Waals surface area contributed by atoms with Crippen LogP contribution >= 0.6 is 11.3 Å². The number of aryl methyl sites for hydroxylation is 1. The summed E-state index contributed by atoms with van der Waals surface area (Å²) in [6.07, 6.45) is 3.18. The molecule has 138 valence electrons. The van der Waals surface area contributed by atoms with Crippen LogP contribution in [0.15, 0.2) is 23.6 Å². The lowest BCUT2D eigenvalue weighted by atomic mass is 10.1. The maximum Gasteiger partial charge on any atom is 0.270 e. The molecule has 1 aromatic carbocycles. The highest BCUT2D eigenvalue weighted by Gasteiger charge is 2.26. The number of rotatable bonds is 7. The van der Waals surface area contributed by atoms with Gasteiger partial charge in [-0.15, -0.1) is 11.3 Å². The van der Waals surface area contributed by atoms with Crippen molar-refractivity contribution >= 4 is 28.8 Å². The molecular weight excluding hydrogens is 350 g/mol. The number of carbonyl (C=O) groups is 2. The second-order valence-corrected chi connectivity index (χ2v) is 7.27. The van der Waals surface area contributed by atoms with Gasteiger partial charge in [0.1, 0.15) is 16.5 Å². The van der Waals surface area contributed by atoms with E-state index in [0.29, 0.717) is 24.5 Å². The van der Waals surface area contributed by atoms with Crippen molar-refractivity contribution < 1.29 is 14.3 Å². The molecule has 6 nitrogen and oxygen atoms in total. The van der Waals surface area contributed by atoms with Crippen LogP contribution in [-0.2, 0) is 11.3 Å². The Labute approximate surface area is 157 Å². The van der Waals surface area contributed by atoms with Gasteiger partial charge >= 0.3 is 0 Å². The largest absolute Gasteiger partial charge is 0.482 e. The van der Waals surface area contributed by atoms with Crippen LogP contribution in [-0.4, -0.2) is 29.9 Å². The first kappa shape index (κ1) is 18.4. The molecule has 2 heterocycles. The highest BCUT2D eigenvalue weighted by molar-refractivity contribution is 7.09. The molecule has 3 rings (SSSR count). The monoisotopic (exact) mass is 373 g/mol. The molecule has 26 heavy (non-hydrogen) atoms. The molecule has 1 aromatic heterocycles. The Balaban J connectivity index is 1.67. The third-order valence-corrected chi connectivity index (χ3v) is 5.04. The van der Waals surface area contributed by atoms with Crippen LogP contribution in [0.1, 0.15) is 47.2 Å². The van der Waals surface area contributed by atoms with E-state index < -0.39 is 0 Å². The van der Waals surface area contributed by atoms with E-state index in [4.69, 9.17) is 4.74 Å². The van der Waals surface area contributed by atoms with E-state index in [1.54, 1.807) is 10.3 Å². The van der Waals surface area contributed by atoms with Crippen LogP contribution < -0.4 is 15.0 Å². The van der Waals surface area contributed by atoms with Gasteiger partial charge in [0.05, 0.1) is 12.2 Å². The number of thiazole rings is 1. The molecule has 0 saturated heterocycles. The fourth-order valence-electron chi connectivity index (χ4n) is 2.78. The summed E-state index contributed by atoms with van der Waals surface area (Å²) < 4.78 is 5.52. The van der Waals surface area contributed by atoms with Crippen LogP contribution in [0.25, 0.3) is 0 Å². The van der Waals surface area contributed by atoms with Gasteiger partial charge in [-0.1, -0.05) is 25.8 Å². The summed E-state index contributed by atoms with van der Waals surface area (Å²) in [4.78, 5) is 30.5. The number of fused-ring (bicyclic) bond motifs is 1. The molecule has 0 saturated carbocycles. The zero-order valence-electron chi connectivity index (χ0n) is 15.1. The van der Waals surface area contributed by atoms with Gasteiger partial charge in [0, 0.05) is 11.9 Å². The minimum Gasteiger partial charge on any atom is -0.482 e. The average molecular weight is 373 g/mol. The van der Waals surface area contributed by atoms with Crippen molar-refractivity contribution in [2.45, 2.75) is 39.7 Å². The standard InChI is InChI=1S/C19H23N3O3S/c1-3-4-5-8-20-19(24)14-12-26-17(21-14)10-22-15-7-6-13(2)9-16(15)25-11-18(22)23/h6-7,9,12H,3-5,8,10-11H2,1-2H3,(H,20,24). The fourth-order valence-corrected chi connectivity index (χ4v) is 3.54. The second-order valence-electron chi connectivity index (χ2n) is 6.33. The van der Waals surface area contributed by atoms with Gasteiger partial charge < -0.3 is 10.1 Å². The summed E-state index contributed by atoms with van der Waals surface area (Å²) in [7, 11) is 0. The first-order valence-electron chi connectivity index (χ1n) is 8.85. The number of hydrogen-bond donors (Lipinski definition) is 1. The molecular formula is C19H23N3O3S. The highest BCUT2D eigenvalue weighted by atomic mass is 32.1. The summed E-state index contributed by atoms with van der Waals surface area (Å²) in [5.74, 6) is 0.435. The number of hydrogen-bond acceptors (Lipinski definition) is 5. The van der Waals surface area contributed by atoms with E-state index in [-0.39, 0.29) is 18.4 Å². The molecule has 1 aliphatic rings. The van der Waals surface area contributed by atoms with Gasteiger partial charge in [-0.3, -0.25) is 14.5 Å². The first-order valence-corrected chi connectivity index (χ1v) is 9.73. The summed E-state index contributed by atoms with van der Waals surface area (Å²) in [6.45, 7) is 5.13. The van der Waals surface area contributed by atoms with E-state index in [2.05, 4.69) is 17.2 Å². The molecule has 2 aromatic rings. The lowest BCUT2D eigenvalue weighted by molar-refractivity contribution is -0.121. The average Bonchev–Trinajstić information content (AvgIpc) is 3.10.